The van der Waals surface area contributed by atoms with E-state index < -0.39 is 32.4 Å². The number of phenols is 1. The van der Waals surface area contributed by atoms with E-state index in [4.69, 9.17) is 5.26 Å². The fraction of sp³-hybridized carbons (Fsp3) is 0.0909. The minimum Gasteiger partial charge on any atom is -1.00 e. The number of amides is 1. The number of phenolic OH excluding ortho intramolecular Hbond substituents is 1. The van der Waals surface area contributed by atoms with Gasteiger partial charge in [0.1, 0.15) is 11.6 Å². The molecule has 4 aromatic rings. The van der Waals surface area contributed by atoms with Crippen molar-refractivity contribution in [3.8, 4) is 5.75 Å². The van der Waals surface area contributed by atoms with Crippen molar-refractivity contribution in [2.45, 2.75) is 23.6 Å². The van der Waals surface area contributed by atoms with E-state index >= 15 is 0 Å². The van der Waals surface area contributed by atoms with E-state index in [2.05, 4.69) is 40.1 Å². The Labute approximate surface area is 275 Å². The number of anilines is 3. The summed E-state index contributed by atoms with van der Waals surface area (Å²) >= 11 is 0.328. The summed E-state index contributed by atoms with van der Waals surface area (Å²) in [6, 6.07) is 9.35. The van der Waals surface area contributed by atoms with Gasteiger partial charge in [-0.1, -0.05) is 11.1 Å². The maximum Gasteiger partial charge on any atom is 1.00 e. The number of carbonyl (C=O) groups excluding carboxylic acids is 1. The van der Waals surface area contributed by atoms with Crippen LogP contribution in [0.2, 0.25) is 0 Å². The molecule has 0 aliphatic heterocycles. The average Bonchev–Trinajstić information content (AvgIpc) is 2.86. The monoisotopic (exact) mass is 613 g/mol. The van der Waals surface area contributed by atoms with Crippen LogP contribution in [0.4, 0.5) is 23.0 Å². The number of hydrogen-bond acceptors (Lipinski definition) is 13. The smallest absolute Gasteiger partial charge is 1.00 e. The second-order valence-corrected chi connectivity index (χ2v) is 10.0. The molecule has 0 unspecified atom stereocenters. The van der Waals surface area contributed by atoms with E-state index in [1.54, 1.807) is 26.0 Å². The predicted octanol–water partition coefficient (Wildman–Crippen LogP) is 1.79. The molecule has 1 heterocycles. The van der Waals surface area contributed by atoms with Gasteiger partial charge in [0.2, 0.25) is 5.95 Å². The van der Waals surface area contributed by atoms with E-state index in [0.717, 1.165) is 12.1 Å². The van der Waals surface area contributed by atoms with Crippen molar-refractivity contribution in [1.29, 1.82) is 0 Å². The standard InChI is InChI=1S/C22H18N7O8S2.K.H/c1-10-24-11(2)26-22(25-10)27-14-5-3-4-12(6-14)21(31)28-16-9-15(39(33,34)35)7-13-8-17(38-37-36-32)19(29-23)20(30)18(13)16;;/h3-9,30,32H,1-2H3,(H,28,31)(H,33,34,35)(H,24,25,26,27);;/q-1;+1;-1/i;;1+1. The van der Waals surface area contributed by atoms with Gasteiger partial charge in [-0.25, -0.2) is 10.2 Å². The first-order chi connectivity index (χ1) is 18.5. The topological polar surface area (TPSA) is 228 Å². The molecule has 0 radical (unpaired) electrons. The number of aryl methyl sites for hydroxylation is 2. The maximum atomic E-state index is 13.2. The summed E-state index contributed by atoms with van der Waals surface area (Å²) in [4.78, 5) is 25.0. The summed E-state index contributed by atoms with van der Waals surface area (Å²) in [5.41, 5.74) is 9.34. The molecule has 0 fully saturated rings. The van der Waals surface area contributed by atoms with Gasteiger partial charge in [-0.15, -0.1) is 4.33 Å². The van der Waals surface area contributed by atoms with Gasteiger partial charge in [0.25, 0.3) is 16.0 Å². The Morgan fingerprint density at radius 2 is 1.82 bits per heavy atom. The quantitative estimate of drug-likeness (QED) is 0.0453. The van der Waals surface area contributed by atoms with Crippen LogP contribution in [-0.2, 0) is 19.5 Å². The molecule has 1 aromatic heterocycles. The van der Waals surface area contributed by atoms with Crippen molar-refractivity contribution in [3.05, 3.63) is 65.2 Å². The van der Waals surface area contributed by atoms with Crippen LogP contribution in [-0.4, -0.2) is 44.2 Å². The second-order valence-electron chi connectivity index (χ2n) is 7.86. The van der Waals surface area contributed by atoms with Crippen LogP contribution in [0.5, 0.6) is 5.75 Å². The summed E-state index contributed by atoms with van der Waals surface area (Å²) in [5, 5.41) is 31.1. The van der Waals surface area contributed by atoms with Crippen molar-refractivity contribution < 1.29 is 90.3 Å². The molecule has 0 saturated heterocycles. The molecule has 0 bridgehead atoms. The number of nitrogens with zero attached hydrogens (tertiary/aromatic N) is 5. The molecule has 40 heavy (non-hydrogen) atoms. The number of nitrogens with one attached hydrogen (secondary N) is 2. The fourth-order valence-corrected chi connectivity index (χ4v) is 4.69. The molecule has 0 atom stereocenters. The number of carbonyl (C=O) groups is 1. The molecular weight excluding hydrogens is 594 g/mol. The second kappa shape index (κ2) is 13.4. The minimum absolute atomic E-state index is 0. The van der Waals surface area contributed by atoms with Crippen LogP contribution in [0.15, 0.2) is 57.4 Å². The zero-order valence-electron chi connectivity index (χ0n) is 22.0. The van der Waals surface area contributed by atoms with Gasteiger partial charge in [0.05, 0.1) is 33.2 Å². The molecule has 15 nitrogen and oxygen atoms in total. The number of aromatic hydroxyl groups is 1. The van der Waals surface area contributed by atoms with Crippen molar-refractivity contribution in [2.75, 3.05) is 10.6 Å². The Balaban J connectivity index is 0.00000294. The van der Waals surface area contributed by atoms with Gasteiger partial charge in [-0.05, 0) is 55.6 Å². The van der Waals surface area contributed by atoms with Crippen LogP contribution in [0, 0.1) is 13.8 Å². The van der Waals surface area contributed by atoms with E-state index in [1.807, 2.05) is 0 Å². The number of fused-ring (bicyclic) bond motifs is 1. The molecule has 18 heteroatoms. The zero-order chi connectivity index (χ0) is 28.3. The normalized spacial score (nSPS) is 11.1. The fourth-order valence-electron chi connectivity index (χ4n) is 3.65. The van der Waals surface area contributed by atoms with Gasteiger partial charge < -0.3 is 27.8 Å². The summed E-state index contributed by atoms with van der Waals surface area (Å²) < 4.78 is 37.8. The number of rotatable bonds is 9. The van der Waals surface area contributed by atoms with Crippen molar-refractivity contribution >= 4 is 61.9 Å². The van der Waals surface area contributed by atoms with E-state index in [0.29, 0.717) is 29.4 Å². The molecule has 0 spiro atoms. The minimum atomic E-state index is -4.76. The Hall–Kier alpha value is -2.62. The first-order valence-electron chi connectivity index (χ1n) is 10.7. The third kappa shape index (κ3) is 7.36. The van der Waals surface area contributed by atoms with Gasteiger partial charge in [-0.2, -0.15) is 18.4 Å². The zero-order valence-corrected chi connectivity index (χ0v) is 25.7. The predicted molar refractivity (Wildman–Crippen MR) is 140 cm³/mol. The summed E-state index contributed by atoms with van der Waals surface area (Å²) in [7, 11) is -4.76. The Kier molecular flexibility index (Phi) is 10.7. The van der Waals surface area contributed by atoms with Crippen LogP contribution >= 0.6 is 12.0 Å². The van der Waals surface area contributed by atoms with Crippen LogP contribution in [0.3, 0.4) is 0 Å². The molecule has 4 rings (SSSR count). The first-order valence-corrected chi connectivity index (χ1v) is 12.9. The third-order valence-corrected chi connectivity index (χ3v) is 6.61. The number of hydrogen-bond donors (Lipinski definition) is 5. The number of aromatic nitrogens is 3. The Morgan fingerprint density at radius 1 is 1.12 bits per heavy atom. The van der Waals surface area contributed by atoms with Gasteiger partial charge in [-0.3, -0.25) is 9.35 Å². The molecule has 0 saturated carbocycles. The van der Waals surface area contributed by atoms with E-state index in [9.17, 15) is 28.4 Å². The van der Waals surface area contributed by atoms with Crippen molar-refractivity contribution in [2.24, 2.45) is 5.11 Å². The number of benzene rings is 3. The van der Waals surface area contributed by atoms with Gasteiger partial charge in [0, 0.05) is 16.6 Å². The average molecular weight is 614 g/mol. The Morgan fingerprint density at radius 3 is 2.45 bits per heavy atom. The van der Waals surface area contributed by atoms with Gasteiger partial charge in [0.15, 0.2) is 5.75 Å². The van der Waals surface area contributed by atoms with Crippen LogP contribution < -0.4 is 62.0 Å². The molecule has 5 N–H and O–H groups in total. The summed E-state index contributed by atoms with van der Waals surface area (Å²) in [6.45, 7) is 3.41. The van der Waals surface area contributed by atoms with Gasteiger partial charge >= 0.3 is 51.4 Å². The summed E-state index contributed by atoms with van der Waals surface area (Å²) in [6.07, 6.45) is 0. The molecule has 3 aromatic carbocycles. The first kappa shape index (κ1) is 31.9. The third-order valence-electron chi connectivity index (χ3n) is 5.16. The molecule has 204 valence electrons. The molecule has 0 aliphatic rings. The SMILES string of the molecule is Cc1nc(C)nc(Nc2cccc(C(=O)Nc3cc(S(=O)(=O)O)cc4cc(SOOO)c(N=[N-])c(O)c34)c2)n1.[2H-].[K+]. The molecular formula is C22H19KN7O8S2-. The molecule has 1 amide bonds. The molecule has 0 aliphatic carbocycles. The van der Waals surface area contributed by atoms with Crippen molar-refractivity contribution in [3.63, 3.8) is 0 Å². The maximum absolute atomic E-state index is 13.2. The summed E-state index contributed by atoms with van der Waals surface area (Å²) in [5.74, 6) is -0.135. The van der Waals surface area contributed by atoms with Crippen molar-refractivity contribution in [1.82, 2.24) is 15.0 Å². The van der Waals surface area contributed by atoms with E-state index in [1.165, 1.54) is 18.2 Å². The Bertz CT molecular complexity index is 1710. The largest absolute Gasteiger partial charge is 1.00 e. The van der Waals surface area contributed by atoms with Crippen LogP contribution in [0.25, 0.3) is 16.3 Å². The van der Waals surface area contributed by atoms with Crippen LogP contribution in [0.1, 0.15) is 23.4 Å². The van der Waals surface area contributed by atoms with E-state index in [-0.39, 0.29) is 85.7 Å².